The fourth-order valence-corrected chi connectivity index (χ4v) is 3.81. The van der Waals surface area contributed by atoms with Gasteiger partial charge >= 0.3 is 0 Å². The largest absolute Gasteiger partial charge is 0.342 e. The Balaban J connectivity index is 1.61. The van der Waals surface area contributed by atoms with Crippen LogP contribution in [0.15, 0.2) is 18.2 Å². The molecule has 5 nitrogen and oxygen atoms in total. The van der Waals surface area contributed by atoms with Crippen LogP contribution in [0.4, 0.5) is 0 Å². The fourth-order valence-electron chi connectivity index (χ4n) is 3.81. The number of aryl methyl sites for hydroxylation is 2. The van der Waals surface area contributed by atoms with Gasteiger partial charge in [-0.1, -0.05) is 32.0 Å². The number of nitrogens with zero attached hydrogens (tertiary/aromatic N) is 1. The molecule has 0 saturated carbocycles. The Morgan fingerprint density at radius 2 is 2.00 bits per heavy atom. The summed E-state index contributed by atoms with van der Waals surface area (Å²) in [5.74, 6) is 0.460. The summed E-state index contributed by atoms with van der Waals surface area (Å²) in [6, 6.07) is 5.96. The van der Waals surface area contributed by atoms with Gasteiger partial charge in [-0.05, 0) is 49.3 Å². The first-order valence-electron chi connectivity index (χ1n) is 9.25. The second kappa shape index (κ2) is 7.16. The summed E-state index contributed by atoms with van der Waals surface area (Å²) in [6.45, 7) is 9.76. The molecule has 0 unspecified atom stereocenters. The molecule has 2 amide bonds. The van der Waals surface area contributed by atoms with Crippen molar-refractivity contribution in [3.8, 4) is 0 Å². The highest BCUT2D eigenvalue weighted by atomic mass is 16.2. The molecular formula is C20H29N3O2. The van der Waals surface area contributed by atoms with Gasteiger partial charge in [-0.2, -0.15) is 0 Å². The first kappa shape index (κ1) is 17.9. The minimum absolute atomic E-state index is 0.000676. The minimum atomic E-state index is -0.359. The van der Waals surface area contributed by atoms with E-state index in [-0.39, 0.29) is 29.9 Å². The van der Waals surface area contributed by atoms with Gasteiger partial charge in [0.1, 0.15) is 12.1 Å². The molecule has 0 aliphatic carbocycles. The molecule has 0 radical (unpaired) electrons. The summed E-state index contributed by atoms with van der Waals surface area (Å²) in [5, 5.41) is 6.44. The molecule has 3 atom stereocenters. The van der Waals surface area contributed by atoms with Crippen LogP contribution < -0.4 is 10.6 Å². The second-order valence-electron chi connectivity index (χ2n) is 7.93. The van der Waals surface area contributed by atoms with Crippen LogP contribution in [-0.4, -0.2) is 41.4 Å². The van der Waals surface area contributed by atoms with Crippen molar-refractivity contribution in [2.45, 2.75) is 65.2 Å². The Morgan fingerprint density at radius 3 is 2.68 bits per heavy atom. The smallest absolute Gasteiger partial charge is 0.245 e. The topological polar surface area (TPSA) is 61.4 Å². The van der Waals surface area contributed by atoms with Gasteiger partial charge in [0, 0.05) is 19.1 Å². The fraction of sp³-hybridized carbons (Fsp3) is 0.600. The van der Waals surface area contributed by atoms with Crippen LogP contribution in [0.2, 0.25) is 0 Å². The van der Waals surface area contributed by atoms with E-state index in [0.29, 0.717) is 25.3 Å². The molecule has 3 rings (SSSR count). The average Bonchev–Trinajstić information content (AvgIpc) is 2.98. The Morgan fingerprint density at radius 1 is 1.24 bits per heavy atom. The maximum absolute atomic E-state index is 12.7. The van der Waals surface area contributed by atoms with Gasteiger partial charge in [-0.3, -0.25) is 9.59 Å². The number of hydrogen-bond donors (Lipinski definition) is 2. The second-order valence-corrected chi connectivity index (χ2v) is 7.93. The maximum atomic E-state index is 12.7. The van der Waals surface area contributed by atoms with Crippen molar-refractivity contribution in [3.05, 3.63) is 34.9 Å². The number of amides is 2. The van der Waals surface area contributed by atoms with Gasteiger partial charge < -0.3 is 15.5 Å². The molecule has 2 aliphatic heterocycles. The molecule has 2 heterocycles. The van der Waals surface area contributed by atoms with Gasteiger partial charge in [0.05, 0.1) is 0 Å². The lowest BCUT2D eigenvalue weighted by Gasteiger charge is -2.35. The summed E-state index contributed by atoms with van der Waals surface area (Å²) in [4.78, 5) is 26.8. The third-order valence-corrected chi connectivity index (χ3v) is 5.37. The highest BCUT2D eigenvalue weighted by Gasteiger charge is 2.46. The zero-order chi connectivity index (χ0) is 18.1. The molecule has 0 bridgehead atoms. The number of nitrogens with one attached hydrogen (secondary N) is 2. The minimum Gasteiger partial charge on any atom is -0.342 e. The summed E-state index contributed by atoms with van der Waals surface area (Å²) in [6.07, 6.45) is 1.39. The van der Waals surface area contributed by atoms with Crippen LogP contribution >= 0.6 is 0 Å². The molecule has 2 fully saturated rings. The highest BCUT2D eigenvalue weighted by Crippen LogP contribution is 2.25. The lowest BCUT2D eigenvalue weighted by molar-refractivity contribution is -0.147. The monoisotopic (exact) mass is 343 g/mol. The van der Waals surface area contributed by atoms with E-state index in [4.69, 9.17) is 0 Å². The third kappa shape index (κ3) is 3.87. The van der Waals surface area contributed by atoms with Crippen LogP contribution in [0, 0.1) is 19.8 Å². The Kier molecular flexibility index (Phi) is 5.13. The van der Waals surface area contributed by atoms with E-state index >= 15 is 0 Å². The number of carbonyl (C=O) groups excluding carboxylic acids is 2. The van der Waals surface area contributed by atoms with Crippen LogP contribution in [0.3, 0.4) is 0 Å². The zero-order valence-corrected chi connectivity index (χ0v) is 15.6. The highest BCUT2D eigenvalue weighted by molar-refractivity contribution is 5.97. The van der Waals surface area contributed by atoms with E-state index < -0.39 is 0 Å². The molecule has 25 heavy (non-hydrogen) atoms. The quantitative estimate of drug-likeness (QED) is 0.858. The first-order chi connectivity index (χ1) is 11.8. The number of fused-ring (bicyclic) bond motifs is 1. The standard InChI is InChI=1S/C20H29N3O2/c1-12(2)7-17-20(25)23-11-16(9-18(23)19(24)22-17)21-10-15-6-5-13(3)14(4)8-15/h5-6,8,12,16-18,21H,7,9-11H2,1-4H3,(H,22,24)/t16-,17+,18-/m0/s1. The zero-order valence-electron chi connectivity index (χ0n) is 15.6. The molecule has 2 aliphatic rings. The van der Waals surface area contributed by atoms with Gasteiger partial charge in [-0.25, -0.2) is 0 Å². The SMILES string of the molecule is Cc1ccc(CN[C@H]2C[C@H]3C(=O)N[C@H](CC(C)C)C(=O)N3C2)cc1C. The van der Waals surface area contributed by atoms with Crippen molar-refractivity contribution < 1.29 is 9.59 Å². The Hall–Kier alpha value is -1.88. The van der Waals surface area contributed by atoms with Gasteiger partial charge in [-0.15, -0.1) is 0 Å². The number of rotatable bonds is 5. The summed E-state index contributed by atoms with van der Waals surface area (Å²) in [7, 11) is 0. The van der Waals surface area contributed by atoms with Crippen molar-refractivity contribution in [2.24, 2.45) is 5.92 Å². The Labute approximate surface area is 150 Å². The summed E-state index contributed by atoms with van der Waals surface area (Å²) < 4.78 is 0. The van der Waals surface area contributed by atoms with Crippen molar-refractivity contribution in [2.75, 3.05) is 6.54 Å². The number of hydrogen-bond acceptors (Lipinski definition) is 3. The van der Waals surface area contributed by atoms with E-state index in [1.165, 1.54) is 16.7 Å². The lowest BCUT2D eigenvalue weighted by atomic mass is 9.99. The molecule has 2 saturated heterocycles. The van der Waals surface area contributed by atoms with Crippen LogP contribution in [-0.2, 0) is 16.1 Å². The van der Waals surface area contributed by atoms with E-state index in [1.807, 2.05) is 0 Å². The molecule has 136 valence electrons. The molecule has 0 spiro atoms. The third-order valence-electron chi connectivity index (χ3n) is 5.37. The van der Waals surface area contributed by atoms with E-state index in [2.05, 4.69) is 56.5 Å². The van der Waals surface area contributed by atoms with Crippen molar-refractivity contribution in [3.63, 3.8) is 0 Å². The molecule has 0 aromatic heterocycles. The number of benzene rings is 1. The normalized spacial score (nSPS) is 26.1. The van der Waals surface area contributed by atoms with Gasteiger partial charge in [0.15, 0.2) is 0 Å². The first-order valence-corrected chi connectivity index (χ1v) is 9.25. The number of carbonyl (C=O) groups is 2. The van der Waals surface area contributed by atoms with E-state index in [1.54, 1.807) is 4.90 Å². The molecular weight excluding hydrogens is 314 g/mol. The van der Waals surface area contributed by atoms with Crippen LogP contribution in [0.25, 0.3) is 0 Å². The molecule has 1 aromatic carbocycles. The van der Waals surface area contributed by atoms with Crippen LogP contribution in [0.5, 0.6) is 0 Å². The molecule has 5 heteroatoms. The van der Waals surface area contributed by atoms with Crippen molar-refractivity contribution in [1.82, 2.24) is 15.5 Å². The summed E-state index contributed by atoms with van der Waals surface area (Å²) >= 11 is 0. The van der Waals surface area contributed by atoms with E-state index in [0.717, 1.165) is 6.54 Å². The van der Waals surface area contributed by atoms with E-state index in [9.17, 15) is 9.59 Å². The number of piperazine rings is 1. The maximum Gasteiger partial charge on any atom is 0.245 e. The average molecular weight is 343 g/mol. The van der Waals surface area contributed by atoms with Crippen LogP contribution in [0.1, 0.15) is 43.4 Å². The summed E-state index contributed by atoms with van der Waals surface area (Å²) in [5.41, 5.74) is 3.82. The predicted octanol–water partition coefficient (Wildman–Crippen LogP) is 1.91. The predicted molar refractivity (Wildman–Crippen MR) is 98.0 cm³/mol. The van der Waals surface area contributed by atoms with Gasteiger partial charge in [0.25, 0.3) is 0 Å². The lowest BCUT2D eigenvalue weighted by Crippen LogP contribution is -2.61. The van der Waals surface area contributed by atoms with Crippen molar-refractivity contribution in [1.29, 1.82) is 0 Å². The molecule has 2 N–H and O–H groups in total. The molecule has 1 aromatic rings. The Bertz CT molecular complexity index is 671. The van der Waals surface area contributed by atoms with Gasteiger partial charge in [0.2, 0.25) is 11.8 Å². The van der Waals surface area contributed by atoms with Crippen molar-refractivity contribution >= 4 is 11.8 Å².